The molecule has 0 saturated heterocycles. The summed E-state index contributed by atoms with van der Waals surface area (Å²) < 4.78 is 13.4. The number of ether oxygens (including phenoxy) is 2. The van der Waals surface area contributed by atoms with Crippen molar-refractivity contribution in [3.8, 4) is 0 Å². The van der Waals surface area contributed by atoms with Crippen LogP contribution in [0.15, 0.2) is 24.0 Å². The van der Waals surface area contributed by atoms with Crippen molar-refractivity contribution in [1.29, 1.82) is 0 Å². The molecule has 4 saturated carbocycles. The summed E-state index contributed by atoms with van der Waals surface area (Å²) in [6.07, 6.45) is 16.4. The van der Waals surface area contributed by atoms with Crippen molar-refractivity contribution in [2.24, 2.45) is 68.3 Å². The van der Waals surface area contributed by atoms with E-state index in [-0.39, 0.29) is 27.4 Å². The first kappa shape index (κ1) is 29.3. The van der Waals surface area contributed by atoms with Gasteiger partial charge in [-0.15, -0.1) is 0 Å². The van der Waals surface area contributed by atoms with E-state index in [1.165, 1.54) is 38.5 Å². The number of hydrogen-bond donors (Lipinski definition) is 1. The van der Waals surface area contributed by atoms with Gasteiger partial charge in [0.05, 0.1) is 19.0 Å². The van der Waals surface area contributed by atoms with Crippen molar-refractivity contribution < 1.29 is 9.47 Å². The summed E-state index contributed by atoms with van der Waals surface area (Å²) in [4.78, 5) is 0. The van der Waals surface area contributed by atoms with Crippen LogP contribution in [0, 0.1) is 62.6 Å². The fourth-order valence-electron chi connectivity index (χ4n) is 11.9. The Morgan fingerprint density at radius 3 is 2.42 bits per heavy atom. The first-order chi connectivity index (χ1) is 18.5. The molecular formula is C37H61NO2. The van der Waals surface area contributed by atoms with Gasteiger partial charge < -0.3 is 15.2 Å². The second-order valence-electron chi connectivity index (χ2n) is 17.8. The van der Waals surface area contributed by atoms with Gasteiger partial charge in [-0.25, -0.2) is 0 Å². The molecule has 5 aliphatic carbocycles. The molecule has 6 rings (SSSR count). The summed E-state index contributed by atoms with van der Waals surface area (Å²) >= 11 is 0. The molecule has 3 nitrogen and oxygen atoms in total. The van der Waals surface area contributed by atoms with Gasteiger partial charge in [0, 0.05) is 21.8 Å². The molecule has 2 spiro atoms. The van der Waals surface area contributed by atoms with Crippen LogP contribution < -0.4 is 5.73 Å². The van der Waals surface area contributed by atoms with E-state index in [1.807, 2.05) is 5.57 Å². The minimum absolute atomic E-state index is 0.0158. The van der Waals surface area contributed by atoms with Crippen molar-refractivity contribution >= 4 is 0 Å². The van der Waals surface area contributed by atoms with E-state index >= 15 is 0 Å². The molecule has 1 heterocycles. The smallest absolute Gasteiger partial charge is 0.112 e. The van der Waals surface area contributed by atoms with Crippen LogP contribution in [0.4, 0.5) is 0 Å². The normalized spacial score (nSPS) is 49.7. The summed E-state index contributed by atoms with van der Waals surface area (Å²) in [6.45, 7) is 27.0. The highest BCUT2D eigenvalue weighted by Gasteiger charge is 2.87. The van der Waals surface area contributed by atoms with E-state index in [1.54, 1.807) is 0 Å². The van der Waals surface area contributed by atoms with Gasteiger partial charge in [-0.3, -0.25) is 0 Å². The van der Waals surface area contributed by atoms with E-state index in [9.17, 15) is 0 Å². The van der Waals surface area contributed by atoms with Crippen molar-refractivity contribution in [2.75, 3.05) is 6.61 Å². The third kappa shape index (κ3) is 3.32. The standard InChI is InChI=1S/C37H61NO2/c1-12-29(39-22-33(10,38)31(6,7)8)34(11)28-14-13-26-27(37(28)25(5)30(34)37)15-16-35-19-20-40-36(21-35,24(4)23(2)3)18-17-32(26,35)9/h15,19-20,23-26,28-30H,12-14,16-18,21-22,38H2,1-11H3/t24-,25?,26?,28?,29?,30?,32?,33+,34+,35-,36-,37?/m1/s1. The maximum atomic E-state index is 6.86. The molecule has 0 aromatic carbocycles. The van der Waals surface area contributed by atoms with Crippen molar-refractivity contribution in [3.63, 3.8) is 0 Å². The van der Waals surface area contributed by atoms with Crippen LogP contribution in [0.2, 0.25) is 0 Å². The Hall–Kier alpha value is -0.800. The van der Waals surface area contributed by atoms with Crippen molar-refractivity contribution in [1.82, 2.24) is 0 Å². The van der Waals surface area contributed by atoms with Crippen LogP contribution >= 0.6 is 0 Å². The first-order valence-corrected chi connectivity index (χ1v) is 16.9. The van der Waals surface area contributed by atoms with Gasteiger partial charge in [-0.05, 0) is 104 Å². The molecule has 6 aliphatic rings. The van der Waals surface area contributed by atoms with E-state index in [2.05, 4.69) is 94.6 Å². The van der Waals surface area contributed by atoms with E-state index in [4.69, 9.17) is 15.2 Å². The maximum absolute atomic E-state index is 6.86. The lowest BCUT2D eigenvalue weighted by molar-refractivity contribution is -0.193. The summed E-state index contributed by atoms with van der Waals surface area (Å²) in [5.41, 5.74) is 9.66. The second-order valence-corrected chi connectivity index (χ2v) is 17.8. The van der Waals surface area contributed by atoms with Crippen molar-refractivity contribution in [2.45, 2.75) is 138 Å². The van der Waals surface area contributed by atoms with Crippen LogP contribution in [-0.4, -0.2) is 23.9 Å². The highest BCUT2D eigenvalue weighted by atomic mass is 16.5. The summed E-state index contributed by atoms with van der Waals surface area (Å²) in [5, 5.41) is 0. The molecule has 0 aromatic rings. The maximum Gasteiger partial charge on any atom is 0.112 e. The predicted molar refractivity (Wildman–Crippen MR) is 166 cm³/mol. The van der Waals surface area contributed by atoms with Crippen LogP contribution in [0.5, 0.6) is 0 Å². The molecule has 4 fully saturated rings. The average molecular weight is 552 g/mol. The Morgan fingerprint density at radius 2 is 1.80 bits per heavy atom. The molecule has 0 aromatic heterocycles. The van der Waals surface area contributed by atoms with E-state index < -0.39 is 0 Å². The number of nitrogens with two attached hydrogens (primary N) is 1. The minimum Gasteiger partial charge on any atom is -0.495 e. The third-order valence-corrected chi connectivity index (χ3v) is 15.4. The monoisotopic (exact) mass is 551 g/mol. The lowest BCUT2D eigenvalue weighted by atomic mass is 9.37. The molecule has 12 atom stereocenters. The molecule has 0 radical (unpaired) electrons. The number of fused-ring (bicyclic) bond motifs is 3. The quantitative estimate of drug-likeness (QED) is 0.321. The lowest BCUT2D eigenvalue weighted by Crippen LogP contribution is -2.64. The van der Waals surface area contributed by atoms with E-state index in [0.29, 0.717) is 35.4 Å². The Balaban J connectivity index is 1.29. The second kappa shape index (κ2) is 8.64. The van der Waals surface area contributed by atoms with Gasteiger partial charge in [-0.1, -0.05) is 80.9 Å². The minimum atomic E-state index is -0.334. The highest BCUT2D eigenvalue weighted by Crippen LogP contribution is 2.91. The SMILES string of the molecule is CCC(OC[C@](C)(N)C(C)(C)C)[C@]1(C)C2CCC3C(=CC[C@]45C=CO[C@]([C@H](C)C(C)C)(CCC34C)C5)C23C(C)C31. The fraction of sp³-hybridized carbons (Fsp3) is 0.892. The predicted octanol–water partition coefficient (Wildman–Crippen LogP) is 8.93. The topological polar surface area (TPSA) is 44.5 Å². The Bertz CT molecular complexity index is 1100. The molecule has 226 valence electrons. The third-order valence-electron chi connectivity index (χ3n) is 15.4. The molecule has 40 heavy (non-hydrogen) atoms. The van der Waals surface area contributed by atoms with Crippen LogP contribution in [0.1, 0.15) is 121 Å². The molecule has 7 unspecified atom stereocenters. The van der Waals surface area contributed by atoms with Gasteiger partial charge in [0.25, 0.3) is 0 Å². The van der Waals surface area contributed by atoms with Crippen LogP contribution in [0.3, 0.4) is 0 Å². The van der Waals surface area contributed by atoms with Gasteiger partial charge in [0.2, 0.25) is 0 Å². The summed E-state index contributed by atoms with van der Waals surface area (Å²) in [5.74, 6) is 4.23. The van der Waals surface area contributed by atoms with Gasteiger partial charge >= 0.3 is 0 Å². The zero-order valence-electron chi connectivity index (χ0n) is 27.8. The van der Waals surface area contributed by atoms with Gasteiger partial charge in [0.15, 0.2) is 0 Å². The number of allylic oxidation sites excluding steroid dienone is 3. The molecule has 2 bridgehead atoms. The highest BCUT2D eigenvalue weighted by molar-refractivity contribution is 5.48. The van der Waals surface area contributed by atoms with Gasteiger partial charge in [-0.2, -0.15) is 0 Å². The largest absolute Gasteiger partial charge is 0.495 e. The van der Waals surface area contributed by atoms with Crippen LogP contribution in [0.25, 0.3) is 0 Å². The Morgan fingerprint density at radius 1 is 1.10 bits per heavy atom. The molecule has 2 N–H and O–H groups in total. The van der Waals surface area contributed by atoms with Crippen LogP contribution in [-0.2, 0) is 9.47 Å². The zero-order valence-corrected chi connectivity index (χ0v) is 27.8. The average Bonchev–Trinajstić information content (AvgIpc) is 3.42. The van der Waals surface area contributed by atoms with Crippen molar-refractivity contribution in [3.05, 3.63) is 24.0 Å². The number of hydrogen-bond acceptors (Lipinski definition) is 3. The first-order valence-electron chi connectivity index (χ1n) is 16.9. The number of rotatable bonds is 7. The Kier molecular flexibility index (Phi) is 6.33. The molecular weight excluding hydrogens is 490 g/mol. The fourth-order valence-corrected chi connectivity index (χ4v) is 11.9. The zero-order chi connectivity index (χ0) is 29.3. The molecule has 3 heteroatoms. The lowest BCUT2D eigenvalue weighted by Gasteiger charge is -2.69. The molecule has 0 amide bonds. The summed E-state index contributed by atoms with van der Waals surface area (Å²) in [7, 11) is 0. The van der Waals surface area contributed by atoms with E-state index in [0.717, 1.165) is 30.1 Å². The van der Waals surface area contributed by atoms with Gasteiger partial charge in [0.1, 0.15) is 5.60 Å². The molecule has 1 aliphatic heterocycles. The Labute approximate surface area is 246 Å². The summed E-state index contributed by atoms with van der Waals surface area (Å²) in [6, 6.07) is 0.